The van der Waals surface area contributed by atoms with E-state index in [-0.39, 0.29) is 0 Å². The molecule has 0 amide bonds. The lowest BCUT2D eigenvalue weighted by Gasteiger charge is -2.05. The lowest BCUT2D eigenvalue weighted by molar-refractivity contribution is 1.10. The fourth-order valence-corrected chi connectivity index (χ4v) is 1.17. The zero-order chi connectivity index (χ0) is 9.26. The molecule has 0 saturated carbocycles. The Kier molecular flexibility index (Phi) is 1.75. The maximum Gasteiger partial charge on any atom is 0.180 e. The molecule has 0 atom stereocenters. The predicted molar refractivity (Wildman–Crippen MR) is 50.3 cm³/mol. The topological polar surface area (TPSA) is 80.3 Å². The normalized spacial score (nSPS) is 10.3. The molecular weight excluding hydrogens is 168 g/mol. The molecule has 2 aromatic rings. The lowest BCUT2D eigenvalue weighted by atomic mass is 10.6. The van der Waals surface area contributed by atoms with Crippen LogP contribution in [0.2, 0.25) is 0 Å². The van der Waals surface area contributed by atoms with Crippen LogP contribution in [0.15, 0.2) is 18.6 Å². The molecule has 0 fully saturated rings. The van der Waals surface area contributed by atoms with Gasteiger partial charge in [-0.15, -0.1) is 0 Å². The second kappa shape index (κ2) is 2.91. The largest absolute Gasteiger partial charge is 0.370 e. The van der Waals surface area contributed by atoms with Gasteiger partial charge in [-0.3, -0.25) is 0 Å². The molecular formula is C7H10N6. The molecule has 2 heterocycles. The zero-order valence-electron chi connectivity index (χ0n) is 7.15. The Labute approximate surface area is 74.8 Å². The number of rotatable bonds is 2. The van der Waals surface area contributed by atoms with E-state index in [1.54, 1.807) is 19.4 Å². The van der Waals surface area contributed by atoms with Crippen molar-refractivity contribution in [3.05, 3.63) is 18.6 Å². The van der Waals surface area contributed by atoms with E-state index in [1.807, 2.05) is 10.6 Å². The van der Waals surface area contributed by atoms with Crippen molar-refractivity contribution >= 4 is 17.3 Å². The van der Waals surface area contributed by atoms with Crippen molar-refractivity contribution in [2.75, 3.05) is 17.8 Å². The van der Waals surface area contributed by atoms with Crippen molar-refractivity contribution in [1.29, 1.82) is 0 Å². The summed E-state index contributed by atoms with van der Waals surface area (Å²) in [6, 6.07) is 0. The molecule has 2 rings (SSSR count). The van der Waals surface area contributed by atoms with Crippen molar-refractivity contribution in [1.82, 2.24) is 14.4 Å². The van der Waals surface area contributed by atoms with E-state index in [0.717, 1.165) is 5.65 Å². The third kappa shape index (κ3) is 1.17. The van der Waals surface area contributed by atoms with Crippen LogP contribution < -0.4 is 16.6 Å². The monoisotopic (exact) mass is 178 g/mol. The van der Waals surface area contributed by atoms with Gasteiger partial charge in [-0.2, -0.15) is 0 Å². The Morgan fingerprint density at radius 1 is 1.54 bits per heavy atom. The molecule has 4 N–H and O–H groups in total. The SMILES string of the molecule is CNc1nc(NN)cn2ccnc12. The number of nitrogens with two attached hydrogens (primary N) is 1. The molecule has 6 heteroatoms. The summed E-state index contributed by atoms with van der Waals surface area (Å²) in [5.74, 6) is 6.55. The van der Waals surface area contributed by atoms with Gasteiger partial charge in [-0.25, -0.2) is 15.8 Å². The van der Waals surface area contributed by atoms with Crippen LogP contribution in [0.3, 0.4) is 0 Å². The maximum absolute atomic E-state index is 5.26. The number of hydrazine groups is 1. The van der Waals surface area contributed by atoms with Gasteiger partial charge in [-0.1, -0.05) is 0 Å². The third-order valence-electron chi connectivity index (χ3n) is 1.76. The summed E-state index contributed by atoms with van der Waals surface area (Å²) in [6.45, 7) is 0. The maximum atomic E-state index is 5.26. The summed E-state index contributed by atoms with van der Waals surface area (Å²) in [5, 5.41) is 2.94. The molecule has 68 valence electrons. The number of nitrogen functional groups attached to an aromatic ring is 1. The van der Waals surface area contributed by atoms with Crippen LogP contribution in [0.1, 0.15) is 0 Å². The Balaban J connectivity index is 2.70. The van der Waals surface area contributed by atoms with Crippen molar-refractivity contribution in [2.24, 2.45) is 5.84 Å². The van der Waals surface area contributed by atoms with Crippen molar-refractivity contribution < 1.29 is 0 Å². The van der Waals surface area contributed by atoms with Gasteiger partial charge in [0.05, 0.1) is 6.20 Å². The zero-order valence-corrected chi connectivity index (χ0v) is 7.15. The number of nitrogens with zero attached hydrogens (tertiary/aromatic N) is 3. The van der Waals surface area contributed by atoms with Gasteiger partial charge < -0.3 is 15.1 Å². The Morgan fingerprint density at radius 2 is 2.38 bits per heavy atom. The fourth-order valence-electron chi connectivity index (χ4n) is 1.17. The van der Waals surface area contributed by atoms with Gasteiger partial charge in [-0.05, 0) is 0 Å². The van der Waals surface area contributed by atoms with Crippen LogP contribution in [0.5, 0.6) is 0 Å². The molecule has 0 bridgehead atoms. The fraction of sp³-hybridized carbons (Fsp3) is 0.143. The van der Waals surface area contributed by atoms with Crippen LogP contribution in [-0.4, -0.2) is 21.4 Å². The van der Waals surface area contributed by atoms with Crippen LogP contribution in [0, 0.1) is 0 Å². The predicted octanol–water partition coefficient (Wildman–Crippen LogP) is 0.0566. The lowest BCUT2D eigenvalue weighted by Crippen LogP contribution is -2.10. The molecule has 0 saturated heterocycles. The van der Waals surface area contributed by atoms with E-state index in [9.17, 15) is 0 Å². The van der Waals surface area contributed by atoms with Crippen molar-refractivity contribution in [2.45, 2.75) is 0 Å². The first-order valence-corrected chi connectivity index (χ1v) is 3.83. The molecule has 0 spiro atoms. The van der Waals surface area contributed by atoms with E-state index in [4.69, 9.17) is 5.84 Å². The molecule has 0 radical (unpaired) electrons. The van der Waals surface area contributed by atoms with E-state index in [1.165, 1.54) is 0 Å². The van der Waals surface area contributed by atoms with Gasteiger partial charge in [0, 0.05) is 19.4 Å². The molecule has 13 heavy (non-hydrogen) atoms. The van der Waals surface area contributed by atoms with Crippen molar-refractivity contribution in [3.63, 3.8) is 0 Å². The molecule has 0 aliphatic rings. The Bertz CT molecular complexity index is 420. The average molecular weight is 178 g/mol. The smallest absolute Gasteiger partial charge is 0.180 e. The summed E-state index contributed by atoms with van der Waals surface area (Å²) in [4.78, 5) is 8.31. The molecule has 0 aromatic carbocycles. The number of nitrogens with one attached hydrogen (secondary N) is 2. The highest BCUT2D eigenvalue weighted by Crippen LogP contribution is 2.14. The van der Waals surface area contributed by atoms with Crippen LogP contribution in [0.25, 0.3) is 5.65 Å². The molecule has 0 aliphatic carbocycles. The number of anilines is 2. The first-order valence-electron chi connectivity index (χ1n) is 3.83. The third-order valence-corrected chi connectivity index (χ3v) is 1.76. The minimum atomic E-state index is 0.592. The summed E-state index contributed by atoms with van der Waals surface area (Å²) in [5.41, 5.74) is 3.26. The number of hydrogen-bond acceptors (Lipinski definition) is 5. The van der Waals surface area contributed by atoms with E-state index < -0.39 is 0 Å². The number of fused-ring (bicyclic) bond motifs is 1. The molecule has 6 nitrogen and oxygen atoms in total. The minimum absolute atomic E-state index is 0.592. The number of aromatic nitrogens is 3. The van der Waals surface area contributed by atoms with Crippen LogP contribution >= 0.6 is 0 Å². The Hall–Kier alpha value is -1.82. The second-order valence-electron chi connectivity index (χ2n) is 2.53. The standard InChI is InChI=1S/C7H10N6/c1-9-6-7-10-2-3-13(7)4-5(11-6)12-8/h2-4,12H,8H2,1H3,(H,9,11). The quantitative estimate of drug-likeness (QED) is 0.447. The highest BCUT2D eigenvalue weighted by Gasteiger charge is 2.03. The Morgan fingerprint density at radius 3 is 3.08 bits per heavy atom. The average Bonchev–Trinajstić information content (AvgIpc) is 2.63. The van der Waals surface area contributed by atoms with E-state index in [2.05, 4.69) is 20.7 Å². The molecule has 2 aromatic heterocycles. The van der Waals surface area contributed by atoms with Gasteiger partial charge in [0.2, 0.25) is 0 Å². The van der Waals surface area contributed by atoms with Gasteiger partial charge in [0.1, 0.15) is 0 Å². The summed E-state index contributed by atoms with van der Waals surface area (Å²) in [6.07, 6.45) is 5.31. The van der Waals surface area contributed by atoms with Crippen molar-refractivity contribution in [3.8, 4) is 0 Å². The summed E-state index contributed by atoms with van der Waals surface area (Å²) in [7, 11) is 1.79. The van der Waals surface area contributed by atoms with E-state index in [0.29, 0.717) is 11.6 Å². The molecule has 0 unspecified atom stereocenters. The minimum Gasteiger partial charge on any atom is -0.370 e. The number of hydrogen-bond donors (Lipinski definition) is 3. The number of imidazole rings is 1. The first kappa shape index (κ1) is 7.81. The summed E-state index contributed by atoms with van der Waals surface area (Å²) < 4.78 is 1.84. The molecule has 0 aliphatic heterocycles. The van der Waals surface area contributed by atoms with Gasteiger partial charge in [0.25, 0.3) is 0 Å². The highest BCUT2D eigenvalue weighted by atomic mass is 15.3. The van der Waals surface area contributed by atoms with Crippen LogP contribution in [-0.2, 0) is 0 Å². The van der Waals surface area contributed by atoms with Gasteiger partial charge >= 0.3 is 0 Å². The highest BCUT2D eigenvalue weighted by molar-refractivity contribution is 5.64. The summed E-state index contributed by atoms with van der Waals surface area (Å²) >= 11 is 0. The van der Waals surface area contributed by atoms with Gasteiger partial charge in [0.15, 0.2) is 17.3 Å². The van der Waals surface area contributed by atoms with Crippen LogP contribution in [0.4, 0.5) is 11.6 Å². The van der Waals surface area contributed by atoms with E-state index >= 15 is 0 Å². The first-order chi connectivity index (χ1) is 6.35. The second-order valence-corrected chi connectivity index (χ2v) is 2.53.